The number of aryl methyl sites for hydroxylation is 1. The van der Waals surface area contributed by atoms with Crippen LogP contribution >= 0.6 is 0 Å². The lowest BCUT2D eigenvalue weighted by atomic mass is 9.85. The topological polar surface area (TPSA) is 75.6 Å². The van der Waals surface area contributed by atoms with Crippen LogP contribution in [-0.4, -0.2) is 23.6 Å². The average molecular weight is 331 g/mol. The Bertz CT molecular complexity index is 622. The summed E-state index contributed by atoms with van der Waals surface area (Å²) in [5, 5.41) is 11.7. The van der Waals surface area contributed by atoms with Crippen molar-refractivity contribution in [2.24, 2.45) is 17.8 Å². The number of carboxylic acid groups (broad SMARTS) is 1. The average Bonchev–Trinajstić information content (AvgIpc) is 3.37. The molecule has 130 valence electrons. The molecule has 2 aliphatic rings. The smallest absolute Gasteiger partial charge is 0.341 e. The molecule has 0 saturated heterocycles. The van der Waals surface area contributed by atoms with Crippen LogP contribution in [0.2, 0.25) is 0 Å². The zero-order chi connectivity index (χ0) is 17.1. The van der Waals surface area contributed by atoms with Crippen molar-refractivity contribution in [1.82, 2.24) is 0 Å². The second-order valence-electron chi connectivity index (χ2n) is 7.05. The minimum absolute atomic E-state index is 0.118. The largest absolute Gasteiger partial charge is 0.482 e. The Balaban J connectivity index is 1.54. The number of anilines is 1. The number of benzene rings is 1. The SMILES string of the molecule is Cc1cc(OCC(=O)O)ccc1NC(=O)C1CC1C1CCCCC1. The van der Waals surface area contributed by atoms with Gasteiger partial charge in [-0.25, -0.2) is 4.79 Å². The van der Waals surface area contributed by atoms with Gasteiger partial charge in [-0.2, -0.15) is 0 Å². The first-order valence-corrected chi connectivity index (χ1v) is 8.80. The van der Waals surface area contributed by atoms with Gasteiger partial charge in [0.1, 0.15) is 5.75 Å². The van der Waals surface area contributed by atoms with Crippen LogP contribution in [0.25, 0.3) is 0 Å². The lowest BCUT2D eigenvalue weighted by molar-refractivity contribution is -0.139. The van der Waals surface area contributed by atoms with Crippen LogP contribution in [0.1, 0.15) is 44.1 Å². The van der Waals surface area contributed by atoms with E-state index in [9.17, 15) is 9.59 Å². The molecule has 1 aromatic rings. The number of hydrogen-bond acceptors (Lipinski definition) is 3. The van der Waals surface area contributed by atoms with Gasteiger partial charge >= 0.3 is 5.97 Å². The van der Waals surface area contributed by atoms with Gasteiger partial charge < -0.3 is 15.2 Å². The minimum Gasteiger partial charge on any atom is -0.482 e. The van der Waals surface area contributed by atoms with E-state index in [1.807, 2.05) is 6.92 Å². The van der Waals surface area contributed by atoms with Gasteiger partial charge in [-0.1, -0.05) is 32.1 Å². The number of amides is 1. The molecule has 0 bridgehead atoms. The summed E-state index contributed by atoms with van der Waals surface area (Å²) in [7, 11) is 0. The number of aliphatic carboxylic acids is 1. The fourth-order valence-corrected chi connectivity index (χ4v) is 3.84. The van der Waals surface area contributed by atoms with Gasteiger partial charge in [-0.15, -0.1) is 0 Å². The Morgan fingerprint density at radius 2 is 2.00 bits per heavy atom. The van der Waals surface area contributed by atoms with Crippen molar-refractivity contribution in [3.8, 4) is 5.75 Å². The van der Waals surface area contributed by atoms with E-state index in [1.165, 1.54) is 32.1 Å². The van der Waals surface area contributed by atoms with Crippen molar-refractivity contribution >= 4 is 17.6 Å². The molecule has 2 saturated carbocycles. The van der Waals surface area contributed by atoms with Gasteiger partial charge in [0.25, 0.3) is 0 Å². The van der Waals surface area contributed by atoms with Crippen LogP contribution in [0, 0.1) is 24.7 Å². The number of ether oxygens (including phenoxy) is 1. The molecule has 2 aliphatic carbocycles. The summed E-state index contributed by atoms with van der Waals surface area (Å²) in [6, 6.07) is 5.23. The standard InChI is InChI=1S/C19H25NO4/c1-12-9-14(24-11-18(21)22)7-8-17(12)20-19(23)16-10-15(16)13-5-3-2-4-6-13/h7-9,13,15-16H,2-6,10-11H2,1H3,(H,20,23)(H,21,22). The highest BCUT2D eigenvalue weighted by Crippen LogP contribution is 2.49. The molecular weight excluding hydrogens is 306 g/mol. The molecule has 3 rings (SSSR count). The molecule has 0 aromatic heterocycles. The molecule has 1 aromatic carbocycles. The molecule has 2 atom stereocenters. The van der Waals surface area contributed by atoms with E-state index in [4.69, 9.17) is 9.84 Å². The summed E-state index contributed by atoms with van der Waals surface area (Å²) in [6.07, 6.45) is 7.55. The van der Waals surface area contributed by atoms with E-state index in [0.717, 1.165) is 23.6 Å². The zero-order valence-corrected chi connectivity index (χ0v) is 14.1. The quantitative estimate of drug-likeness (QED) is 0.835. The Morgan fingerprint density at radius 1 is 1.25 bits per heavy atom. The normalized spacial score (nSPS) is 23.5. The summed E-state index contributed by atoms with van der Waals surface area (Å²) in [4.78, 5) is 23.0. The number of carbonyl (C=O) groups excluding carboxylic acids is 1. The summed E-state index contributed by atoms with van der Waals surface area (Å²) < 4.78 is 5.15. The van der Waals surface area contributed by atoms with E-state index < -0.39 is 5.97 Å². The lowest BCUT2D eigenvalue weighted by Crippen LogP contribution is -2.18. The van der Waals surface area contributed by atoms with Gasteiger partial charge in [0.05, 0.1) is 0 Å². The van der Waals surface area contributed by atoms with Crippen molar-refractivity contribution in [2.45, 2.75) is 45.4 Å². The van der Waals surface area contributed by atoms with Gasteiger partial charge in [0.2, 0.25) is 5.91 Å². The Hall–Kier alpha value is -2.04. The van der Waals surface area contributed by atoms with Crippen molar-refractivity contribution < 1.29 is 19.4 Å². The van der Waals surface area contributed by atoms with Crippen LogP contribution in [0.4, 0.5) is 5.69 Å². The Kier molecular flexibility index (Phi) is 5.07. The number of rotatable bonds is 6. The molecule has 0 aliphatic heterocycles. The third kappa shape index (κ3) is 4.08. The van der Waals surface area contributed by atoms with E-state index in [-0.39, 0.29) is 18.4 Å². The van der Waals surface area contributed by atoms with Crippen molar-refractivity contribution in [2.75, 3.05) is 11.9 Å². The van der Waals surface area contributed by atoms with Crippen molar-refractivity contribution in [3.63, 3.8) is 0 Å². The highest BCUT2D eigenvalue weighted by Gasteiger charge is 2.47. The maximum Gasteiger partial charge on any atom is 0.341 e. The van der Waals surface area contributed by atoms with Crippen LogP contribution in [0.15, 0.2) is 18.2 Å². The lowest BCUT2D eigenvalue weighted by Gasteiger charge is -2.21. The van der Waals surface area contributed by atoms with Gasteiger partial charge in [0.15, 0.2) is 6.61 Å². The maximum atomic E-state index is 12.5. The number of carbonyl (C=O) groups is 2. The van der Waals surface area contributed by atoms with Crippen LogP contribution < -0.4 is 10.1 Å². The molecule has 2 N–H and O–H groups in total. The monoisotopic (exact) mass is 331 g/mol. The fraction of sp³-hybridized carbons (Fsp3) is 0.579. The molecule has 0 spiro atoms. The van der Waals surface area contributed by atoms with Crippen LogP contribution in [0.5, 0.6) is 5.75 Å². The molecule has 2 unspecified atom stereocenters. The maximum absolute atomic E-state index is 12.5. The number of carboxylic acids is 1. The summed E-state index contributed by atoms with van der Waals surface area (Å²) >= 11 is 0. The molecule has 0 heterocycles. The Morgan fingerprint density at radius 3 is 2.67 bits per heavy atom. The van der Waals surface area contributed by atoms with Crippen molar-refractivity contribution in [3.05, 3.63) is 23.8 Å². The third-order valence-corrected chi connectivity index (χ3v) is 5.25. The summed E-state index contributed by atoms with van der Waals surface area (Å²) in [5.74, 6) is 1.08. The second kappa shape index (κ2) is 7.24. The molecular formula is C19H25NO4. The Labute approximate surface area is 142 Å². The molecule has 2 fully saturated rings. The predicted molar refractivity (Wildman–Crippen MR) is 91.1 cm³/mol. The highest BCUT2D eigenvalue weighted by molar-refractivity contribution is 5.95. The van der Waals surface area contributed by atoms with E-state index in [2.05, 4.69) is 5.32 Å². The first kappa shape index (κ1) is 16.8. The molecule has 24 heavy (non-hydrogen) atoms. The molecule has 0 radical (unpaired) electrons. The van der Waals surface area contributed by atoms with Crippen LogP contribution in [0.3, 0.4) is 0 Å². The minimum atomic E-state index is -1.01. The fourth-order valence-electron chi connectivity index (χ4n) is 3.84. The molecule has 5 nitrogen and oxygen atoms in total. The van der Waals surface area contributed by atoms with Crippen LogP contribution in [-0.2, 0) is 9.59 Å². The first-order chi connectivity index (χ1) is 11.5. The third-order valence-electron chi connectivity index (χ3n) is 5.25. The highest BCUT2D eigenvalue weighted by atomic mass is 16.5. The predicted octanol–water partition coefficient (Wildman–Crippen LogP) is 3.61. The zero-order valence-electron chi connectivity index (χ0n) is 14.1. The van der Waals surface area contributed by atoms with Gasteiger partial charge in [-0.3, -0.25) is 4.79 Å². The van der Waals surface area contributed by atoms with Gasteiger partial charge in [0, 0.05) is 11.6 Å². The summed E-state index contributed by atoms with van der Waals surface area (Å²) in [5.41, 5.74) is 1.65. The number of hydrogen-bond donors (Lipinski definition) is 2. The first-order valence-electron chi connectivity index (χ1n) is 8.80. The molecule has 1 amide bonds. The van der Waals surface area contributed by atoms with E-state index in [1.54, 1.807) is 18.2 Å². The number of nitrogens with one attached hydrogen (secondary N) is 1. The summed E-state index contributed by atoms with van der Waals surface area (Å²) in [6.45, 7) is 1.52. The van der Waals surface area contributed by atoms with E-state index >= 15 is 0 Å². The van der Waals surface area contributed by atoms with E-state index in [0.29, 0.717) is 11.7 Å². The van der Waals surface area contributed by atoms with Crippen molar-refractivity contribution in [1.29, 1.82) is 0 Å². The molecule has 5 heteroatoms. The second-order valence-corrected chi connectivity index (χ2v) is 7.05. The van der Waals surface area contributed by atoms with Gasteiger partial charge in [-0.05, 0) is 48.9 Å².